The average molecular weight is 325 g/mol. The number of benzene rings is 1. The molecule has 0 saturated heterocycles. The van der Waals surface area contributed by atoms with Crippen molar-refractivity contribution in [1.82, 2.24) is 5.32 Å². The van der Waals surface area contributed by atoms with Gasteiger partial charge < -0.3 is 15.7 Å². The maximum absolute atomic E-state index is 11.8. The Labute approximate surface area is 135 Å². The molecule has 0 radical (unpaired) electrons. The number of hydrogen-bond donors (Lipinski definition) is 3. The van der Waals surface area contributed by atoms with Gasteiger partial charge in [-0.15, -0.1) is 0 Å². The summed E-state index contributed by atoms with van der Waals surface area (Å²) in [5.74, 6) is -1.31. The molecule has 1 unspecified atom stereocenters. The van der Waals surface area contributed by atoms with Crippen LogP contribution < -0.4 is 10.6 Å². The van der Waals surface area contributed by atoms with Crippen LogP contribution in [0.1, 0.15) is 32.1 Å². The summed E-state index contributed by atoms with van der Waals surface area (Å²) in [5, 5.41) is 15.5. The smallest absolute Gasteiger partial charge is 0.313 e. The lowest BCUT2D eigenvalue weighted by Crippen LogP contribution is -2.42. The van der Waals surface area contributed by atoms with Crippen molar-refractivity contribution in [2.24, 2.45) is 5.92 Å². The van der Waals surface area contributed by atoms with Crippen molar-refractivity contribution in [2.45, 2.75) is 38.2 Å². The fourth-order valence-electron chi connectivity index (χ4n) is 2.72. The fourth-order valence-corrected chi connectivity index (χ4v) is 2.91. The molecule has 1 aromatic rings. The number of amides is 2. The Bertz CT molecular complexity index is 530. The molecule has 1 atom stereocenters. The van der Waals surface area contributed by atoms with E-state index in [0.717, 1.165) is 25.7 Å². The number of nitrogens with one attached hydrogen (secondary N) is 2. The topological polar surface area (TPSA) is 78.4 Å². The minimum atomic E-state index is -0.766. The van der Waals surface area contributed by atoms with Gasteiger partial charge in [-0.2, -0.15) is 0 Å². The highest BCUT2D eigenvalue weighted by Crippen LogP contribution is 2.26. The van der Waals surface area contributed by atoms with E-state index in [1.165, 1.54) is 6.42 Å². The summed E-state index contributed by atoms with van der Waals surface area (Å²) in [7, 11) is 0. The van der Waals surface area contributed by atoms with Crippen molar-refractivity contribution in [2.75, 3.05) is 11.9 Å². The Morgan fingerprint density at radius 2 is 1.95 bits per heavy atom. The maximum atomic E-state index is 11.8. The van der Waals surface area contributed by atoms with E-state index in [1.807, 2.05) is 0 Å². The van der Waals surface area contributed by atoms with Gasteiger partial charge in [0.25, 0.3) is 0 Å². The van der Waals surface area contributed by atoms with Crippen LogP contribution in [0.25, 0.3) is 0 Å². The molecule has 1 aliphatic carbocycles. The number of carbonyl (C=O) groups excluding carboxylic acids is 2. The molecule has 1 aliphatic rings. The third kappa shape index (κ3) is 5.00. The third-order valence-electron chi connectivity index (χ3n) is 3.95. The molecule has 22 heavy (non-hydrogen) atoms. The van der Waals surface area contributed by atoms with Crippen molar-refractivity contribution in [3.63, 3.8) is 0 Å². The Balaban J connectivity index is 1.77. The number of aliphatic hydroxyl groups is 1. The van der Waals surface area contributed by atoms with Crippen LogP contribution in [0.2, 0.25) is 5.02 Å². The van der Waals surface area contributed by atoms with Crippen LogP contribution >= 0.6 is 11.6 Å². The zero-order valence-corrected chi connectivity index (χ0v) is 13.1. The molecule has 2 rings (SSSR count). The fraction of sp³-hybridized carbons (Fsp3) is 0.500. The highest BCUT2D eigenvalue weighted by atomic mass is 35.5. The summed E-state index contributed by atoms with van der Waals surface area (Å²) >= 11 is 5.81. The first-order valence-electron chi connectivity index (χ1n) is 7.59. The van der Waals surface area contributed by atoms with Gasteiger partial charge in [0.05, 0.1) is 6.10 Å². The summed E-state index contributed by atoms with van der Waals surface area (Å²) in [6.07, 6.45) is 4.80. The van der Waals surface area contributed by atoms with Gasteiger partial charge in [0.2, 0.25) is 0 Å². The number of halogens is 1. The number of carbonyl (C=O) groups is 2. The first-order valence-corrected chi connectivity index (χ1v) is 7.97. The second kappa shape index (κ2) is 8.15. The monoisotopic (exact) mass is 324 g/mol. The molecule has 1 aromatic carbocycles. The molecule has 3 N–H and O–H groups in total. The molecule has 5 nitrogen and oxygen atoms in total. The number of aliphatic hydroxyl groups excluding tert-OH is 1. The van der Waals surface area contributed by atoms with E-state index < -0.39 is 17.9 Å². The molecular formula is C16H21ClN2O3. The van der Waals surface area contributed by atoms with Crippen molar-refractivity contribution in [3.8, 4) is 0 Å². The van der Waals surface area contributed by atoms with Crippen molar-refractivity contribution in [3.05, 3.63) is 29.3 Å². The zero-order valence-electron chi connectivity index (χ0n) is 12.3. The number of anilines is 1. The Morgan fingerprint density at radius 1 is 1.23 bits per heavy atom. The van der Waals surface area contributed by atoms with E-state index in [0.29, 0.717) is 10.7 Å². The third-order valence-corrected chi connectivity index (χ3v) is 4.19. The quantitative estimate of drug-likeness (QED) is 0.744. The van der Waals surface area contributed by atoms with E-state index in [2.05, 4.69) is 10.6 Å². The lowest BCUT2D eigenvalue weighted by atomic mass is 9.85. The lowest BCUT2D eigenvalue weighted by molar-refractivity contribution is -0.136. The van der Waals surface area contributed by atoms with Gasteiger partial charge in [-0.1, -0.05) is 36.9 Å². The normalized spacial score (nSPS) is 16.8. The molecule has 6 heteroatoms. The van der Waals surface area contributed by atoms with Gasteiger partial charge in [-0.25, -0.2) is 0 Å². The average Bonchev–Trinajstić information content (AvgIpc) is 2.53. The molecule has 120 valence electrons. The Morgan fingerprint density at radius 3 is 2.64 bits per heavy atom. The maximum Gasteiger partial charge on any atom is 0.313 e. The molecule has 0 bridgehead atoms. The molecule has 0 aliphatic heterocycles. The van der Waals surface area contributed by atoms with Crippen molar-refractivity contribution < 1.29 is 14.7 Å². The predicted molar refractivity (Wildman–Crippen MR) is 85.7 cm³/mol. The van der Waals surface area contributed by atoms with Crippen LogP contribution in [0.3, 0.4) is 0 Å². The molecule has 1 saturated carbocycles. The van der Waals surface area contributed by atoms with Gasteiger partial charge in [-0.05, 0) is 37.0 Å². The van der Waals surface area contributed by atoms with E-state index in [4.69, 9.17) is 11.6 Å². The highest BCUT2D eigenvalue weighted by molar-refractivity contribution is 6.39. The summed E-state index contributed by atoms with van der Waals surface area (Å²) < 4.78 is 0. The van der Waals surface area contributed by atoms with Gasteiger partial charge in [0.1, 0.15) is 0 Å². The summed E-state index contributed by atoms with van der Waals surface area (Å²) in [4.78, 5) is 23.5. The highest BCUT2D eigenvalue weighted by Gasteiger charge is 2.23. The second-order valence-electron chi connectivity index (χ2n) is 5.64. The zero-order chi connectivity index (χ0) is 15.9. The van der Waals surface area contributed by atoms with Gasteiger partial charge in [0, 0.05) is 17.3 Å². The Kier molecular flexibility index (Phi) is 6.21. The molecule has 0 spiro atoms. The van der Waals surface area contributed by atoms with Crippen LogP contribution in [-0.4, -0.2) is 29.6 Å². The van der Waals surface area contributed by atoms with Gasteiger partial charge in [0.15, 0.2) is 0 Å². The largest absolute Gasteiger partial charge is 0.391 e. The first-order chi connectivity index (χ1) is 10.6. The molecule has 0 aromatic heterocycles. The van der Waals surface area contributed by atoms with E-state index >= 15 is 0 Å². The van der Waals surface area contributed by atoms with Crippen LogP contribution in [0, 0.1) is 5.92 Å². The Hall–Kier alpha value is -1.59. The van der Waals surface area contributed by atoms with Crippen LogP contribution in [0.15, 0.2) is 24.3 Å². The molecule has 2 amide bonds. The molecular weight excluding hydrogens is 304 g/mol. The van der Waals surface area contributed by atoms with Crippen molar-refractivity contribution in [1.29, 1.82) is 0 Å². The predicted octanol–water partition coefficient (Wildman–Crippen LogP) is 2.34. The minimum Gasteiger partial charge on any atom is -0.391 e. The summed E-state index contributed by atoms with van der Waals surface area (Å²) in [6.45, 7) is 0.104. The van der Waals surface area contributed by atoms with Crippen LogP contribution in [0.5, 0.6) is 0 Å². The van der Waals surface area contributed by atoms with E-state index in [1.54, 1.807) is 24.3 Å². The number of rotatable bonds is 4. The van der Waals surface area contributed by atoms with Crippen molar-refractivity contribution >= 4 is 29.1 Å². The lowest BCUT2D eigenvalue weighted by Gasteiger charge is -2.26. The summed E-state index contributed by atoms with van der Waals surface area (Å²) in [6, 6.07) is 6.57. The second-order valence-corrected chi connectivity index (χ2v) is 6.08. The van der Waals surface area contributed by atoms with Gasteiger partial charge >= 0.3 is 11.8 Å². The minimum absolute atomic E-state index is 0.104. The number of hydrogen-bond acceptors (Lipinski definition) is 3. The molecule has 1 fully saturated rings. The van der Waals surface area contributed by atoms with E-state index in [9.17, 15) is 14.7 Å². The van der Waals surface area contributed by atoms with E-state index in [-0.39, 0.29) is 12.5 Å². The standard InChI is InChI=1S/C16H21ClN2O3/c17-12-7-4-8-13(9-12)19-16(22)15(21)18-10-14(20)11-5-2-1-3-6-11/h4,7-9,11,14,20H,1-3,5-6,10H2,(H,18,21)(H,19,22). The molecule has 0 heterocycles. The summed E-state index contributed by atoms with van der Waals surface area (Å²) in [5.41, 5.74) is 0.459. The first kappa shape index (κ1) is 16.8. The van der Waals surface area contributed by atoms with Crippen LogP contribution in [-0.2, 0) is 9.59 Å². The van der Waals surface area contributed by atoms with Crippen LogP contribution in [0.4, 0.5) is 5.69 Å². The van der Waals surface area contributed by atoms with Gasteiger partial charge in [-0.3, -0.25) is 9.59 Å². The SMILES string of the molecule is O=C(NCC(O)C1CCCCC1)C(=O)Nc1cccc(Cl)c1.